The van der Waals surface area contributed by atoms with Crippen LogP contribution in [0.15, 0.2) is 23.3 Å². The summed E-state index contributed by atoms with van der Waals surface area (Å²) in [5, 5.41) is 20.5. The molecule has 4 rings (SSSR count). The highest BCUT2D eigenvalue weighted by atomic mass is 19.1. The Kier molecular flexibility index (Phi) is 4.11. The van der Waals surface area contributed by atoms with Gasteiger partial charge in [-0.3, -0.25) is 9.59 Å². The fourth-order valence-corrected chi connectivity index (χ4v) is 6.80. The third kappa shape index (κ3) is 2.27. The first kappa shape index (κ1) is 19.0. The molecule has 0 saturated heterocycles. The van der Waals surface area contributed by atoms with E-state index in [1.807, 2.05) is 13.8 Å². The molecule has 0 aliphatic heterocycles. The van der Waals surface area contributed by atoms with Gasteiger partial charge in [0, 0.05) is 16.7 Å². The van der Waals surface area contributed by atoms with E-state index in [1.54, 1.807) is 0 Å². The van der Waals surface area contributed by atoms with Crippen LogP contribution in [0.1, 0.15) is 52.9 Å². The Morgan fingerprint density at radius 3 is 2.70 bits per heavy atom. The Morgan fingerprint density at radius 1 is 1.33 bits per heavy atom. The van der Waals surface area contributed by atoms with E-state index in [1.165, 1.54) is 11.6 Å². The fourth-order valence-electron chi connectivity index (χ4n) is 6.80. The number of alkyl halides is 1. The summed E-state index contributed by atoms with van der Waals surface area (Å²) in [6.45, 7) is 5.20. The van der Waals surface area contributed by atoms with Gasteiger partial charge in [0.1, 0.15) is 18.4 Å². The highest BCUT2D eigenvalue weighted by Crippen LogP contribution is 2.66. The number of halogens is 1. The van der Waals surface area contributed by atoms with Crippen LogP contribution in [0.3, 0.4) is 0 Å². The van der Waals surface area contributed by atoms with Gasteiger partial charge in [0.2, 0.25) is 0 Å². The predicted molar refractivity (Wildman–Crippen MR) is 98.6 cm³/mol. The molecule has 1 unspecified atom stereocenters. The predicted octanol–water partition coefficient (Wildman–Crippen LogP) is 2.92. The van der Waals surface area contributed by atoms with Crippen molar-refractivity contribution >= 4 is 11.6 Å². The van der Waals surface area contributed by atoms with E-state index in [2.05, 4.69) is 13.0 Å². The minimum absolute atomic E-state index is 0.00237. The highest BCUT2D eigenvalue weighted by Gasteiger charge is 2.65. The molecule has 0 heterocycles. The van der Waals surface area contributed by atoms with Crippen LogP contribution in [-0.4, -0.2) is 40.2 Å². The topological polar surface area (TPSA) is 74.6 Å². The standard InChI is InChI=1S/C22H29FO4/c1-12-10-20(2)14-4-6-21(3)15(5-7-22(21,27)19(26)11-24)13(14)8-17(23)16(20)9-18(12)25/h4,9,12-13,15,17,24,27H,5-8,10-11H2,1-3H3/t12?,13-,15+,17+,20-,21+,22+/m1/s1. The normalized spacial score (nSPS) is 48.9. The molecule has 0 aromatic heterocycles. The van der Waals surface area contributed by atoms with Crippen LogP contribution in [0.5, 0.6) is 0 Å². The van der Waals surface area contributed by atoms with Gasteiger partial charge in [-0.25, -0.2) is 4.39 Å². The Bertz CT molecular complexity index is 770. The molecule has 2 N–H and O–H groups in total. The van der Waals surface area contributed by atoms with Crippen LogP contribution in [0, 0.1) is 28.6 Å². The molecule has 5 heteroatoms. The van der Waals surface area contributed by atoms with Crippen molar-refractivity contribution in [2.24, 2.45) is 28.6 Å². The van der Waals surface area contributed by atoms with Crippen molar-refractivity contribution in [2.45, 2.75) is 64.6 Å². The number of ketones is 2. The highest BCUT2D eigenvalue weighted by molar-refractivity contribution is 5.94. The monoisotopic (exact) mass is 376 g/mol. The van der Waals surface area contributed by atoms with Crippen LogP contribution in [0.4, 0.5) is 4.39 Å². The third-order valence-electron chi connectivity index (χ3n) is 8.39. The summed E-state index contributed by atoms with van der Waals surface area (Å²) in [4.78, 5) is 24.5. The van der Waals surface area contributed by atoms with Crippen LogP contribution >= 0.6 is 0 Å². The summed E-state index contributed by atoms with van der Waals surface area (Å²) < 4.78 is 15.2. The zero-order chi connectivity index (χ0) is 19.8. The molecular weight excluding hydrogens is 347 g/mol. The number of allylic oxidation sites excluding steroid dienone is 4. The number of aliphatic hydroxyl groups is 2. The number of aliphatic hydroxyl groups excluding tert-OH is 1. The second-order valence-corrected chi connectivity index (χ2v) is 9.62. The zero-order valence-electron chi connectivity index (χ0n) is 16.3. The maximum absolute atomic E-state index is 15.2. The van der Waals surface area contributed by atoms with Gasteiger partial charge < -0.3 is 10.2 Å². The molecule has 4 nitrogen and oxygen atoms in total. The first-order valence-corrected chi connectivity index (χ1v) is 10.1. The average Bonchev–Trinajstić information content (AvgIpc) is 2.89. The average molecular weight is 376 g/mol. The lowest BCUT2D eigenvalue weighted by atomic mass is 9.49. The molecule has 4 aliphatic rings. The van der Waals surface area contributed by atoms with Gasteiger partial charge in [0.25, 0.3) is 0 Å². The van der Waals surface area contributed by atoms with Gasteiger partial charge in [-0.15, -0.1) is 0 Å². The van der Waals surface area contributed by atoms with Crippen molar-refractivity contribution < 1.29 is 24.2 Å². The van der Waals surface area contributed by atoms with Crippen LogP contribution < -0.4 is 0 Å². The number of hydrogen-bond donors (Lipinski definition) is 2. The Morgan fingerprint density at radius 2 is 2.04 bits per heavy atom. The molecule has 0 aromatic carbocycles. The Balaban J connectivity index is 1.79. The van der Waals surface area contributed by atoms with E-state index in [9.17, 15) is 19.8 Å². The molecule has 27 heavy (non-hydrogen) atoms. The van der Waals surface area contributed by atoms with Crippen LogP contribution in [-0.2, 0) is 9.59 Å². The van der Waals surface area contributed by atoms with Gasteiger partial charge in [0.15, 0.2) is 11.6 Å². The van der Waals surface area contributed by atoms with Crippen LogP contribution in [0.2, 0.25) is 0 Å². The van der Waals surface area contributed by atoms with E-state index in [-0.39, 0.29) is 23.5 Å². The number of rotatable bonds is 2. The van der Waals surface area contributed by atoms with E-state index in [0.717, 1.165) is 0 Å². The smallest absolute Gasteiger partial charge is 0.190 e. The fraction of sp³-hybridized carbons (Fsp3) is 0.727. The van der Waals surface area contributed by atoms with Gasteiger partial charge in [0.05, 0.1) is 0 Å². The summed E-state index contributed by atoms with van der Waals surface area (Å²) in [6.07, 6.45) is 4.89. The summed E-state index contributed by atoms with van der Waals surface area (Å²) in [5.41, 5.74) is -0.901. The van der Waals surface area contributed by atoms with Crippen molar-refractivity contribution in [1.82, 2.24) is 0 Å². The first-order chi connectivity index (χ1) is 12.6. The van der Waals surface area contributed by atoms with Gasteiger partial charge in [-0.2, -0.15) is 0 Å². The summed E-state index contributed by atoms with van der Waals surface area (Å²) in [7, 11) is 0. The number of carbonyl (C=O) groups excluding carboxylic acids is 2. The molecule has 0 spiro atoms. The van der Waals surface area contributed by atoms with Crippen molar-refractivity contribution in [3.05, 3.63) is 23.3 Å². The lowest BCUT2D eigenvalue weighted by Crippen LogP contribution is -2.56. The second kappa shape index (κ2) is 5.84. The van der Waals surface area contributed by atoms with Gasteiger partial charge in [-0.05, 0) is 55.6 Å². The van der Waals surface area contributed by atoms with Crippen LogP contribution in [0.25, 0.3) is 0 Å². The summed E-state index contributed by atoms with van der Waals surface area (Å²) >= 11 is 0. The van der Waals surface area contributed by atoms with Gasteiger partial charge in [-0.1, -0.05) is 32.4 Å². The Hall–Kier alpha value is -1.33. The first-order valence-electron chi connectivity index (χ1n) is 10.1. The SMILES string of the molecule is CC1C[C@]2(C)C3=CC[C@@]4(C)[C@@H](CC[C@]4(O)C(=O)CO)[C@@H]3C[C@H](F)C2=CC1=O. The minimum atomic E-state index is -1.55. The van der Waals surface area contributed by atoms with E-state index in [0.29, 0.717) is 37.7 Å². The van der Waals surface area contributed by atoms with Crippen molar-refractivity contribution in [3.8, 4) is 0 Å². The zero-order valence-corrected chi connectivity index (χ0v) is 16.3. The summed E-state index contributed by atoms with van der Waals surface area (Å²) in [5.74, 6) is -0.686. The lowest BCUT2D eigenvalue weighted by Gasteiger charge is -2.55. The number of hydrogen-bond acceptors (Lipinski definition) is 4. The Labute approximate surface area is 159 Å². The van der Waals surface area contributed by atoms with Crippen molar-refractivity contribution in [3.63, 3.8) is 0 Å². The maximum Gasteiger partial charge on any atom is 0.190 e. The second-order valence-electron chi connectivity index (χ2n) is 9.62. The molecule has 0 bridgehead atoms. The van der Waals surface area contributed by atoms with E-state index < -0.39 is 35.0 Å². The van der Waals surface area contributed by atoms with E-state index in [4.69, 9.17) is 0 Å². The minimum Gasteiger partial charge on any atom is -0.388 e. The van der Waals surface area contributed by atoms with Gasteiger partial charge >= 0.3 is 0 Å². The van der Waals surface area contributed by atoms with Crippen molar-refractivity contribution in [1.29, 1.82) is 0 Å². The number of carbonyl (C=O) groups is 2. The molecule has 2 saturated carbocycles. The van der Waals surface area contributed by atoms with E-state index >= 15 is 4.39 Å². The molecule has 0 amide bonds. The molecule has 2 fully saturated rings. The molecule has 0 aromatic rings. The maximum atomic E-state index is 15.2. The molecule has 0 radical (unpaired) electrons. The molecule has 7 atom stereocenters. The summed E-state index contributed by atoms with van der Waals surface area (Å²) in [6, 6.07) is 0. The lowest BCUT2D eigenvalue weighted by molar-refractivity contribution is -0.155. The largest absolute Gasteiger partial charge is 0.388 e. The molecule has 148 valence electrons. The van der Waals surface area contributed by atoms with Crippen molar-refractivity contribution in [2.75, 3.05) is 6.61 Å². The molecule has 4 aliphatic carbocycles. The quantitative estimate of drug-likeness (QED) is 0.727. The number of Topliss-reactive ketones (excluding diaryl/α,β-unsaturated/α-hetero) is 1. The third-order valence-corrected chi connectivity index (χ3v) is 8.39. The number of fused-ring (bicyclic) bond motifs is 5. The molecular formula is C22H29FO4.